The topological polar surface area (TPSA) is 64.9 Å². The number of hydrogen-bond acceptors (Lipinski definition) is 4. The van der Waals surface area contributed by atoms with Gasteiger partial charge in [-0.2, -0.15) is 4.98 Å². The molecule has 5 heteroatoms. The Balaban J connectivity index is 2.18. The zero-order chi connectivity index (χ0) is 14.0. The maximum Gasteiger partial charge on any atom is 0.229 e. The lowest BCUT2D eigenvalue weighted by molar-refractivity contribution is 0.345. The molecule has 0 saturated carbocycles. The Kier molecular flexibility index (Phi) is 3.66. The Labute approximate surface area is 111 Å². The largest absolute Gasteiger partial charge is 0.339 e. The molecule has 2 rings (SSSR count). The van der Waals surface area contributed by atoms with Crippen molar-refractivity contribution in [1.82, 2.24) is 10.1 Å². The van der Waals surface area contributed by atoms with E-state index >= 15 is 0 Å². The fraction of sp³-hybridized carbons (Fsp3) is 0.429. The van der Waals surface area contributed by atoms with Gasteiger partial charge in [-0.25, -0.2) is 4.39 Å². The number of nitrogens with zero attached hydrogens (tertiary/aromatic N) is 2. The van der Waals surface area contributed by atoms with Crippen LogP contribution in [-0.4, -0.2) is 10.1 Å². The number of halogens is 1. The summed E-state index contributed by atoms with van der Waals surface area (Å²) in [6.45, 7) is 5.79. The van der Waals surface area contributed by atoms with E-state index in [1.165, 1.54) is 12.1 Å². The minimum atomic E-state index is -0.742. The van der Waals surface area contributed by atoms with Gasteiger partial charge in [-0.3, -0.25) is 0 Å². The molecule has 0 aliphatic heterocycles. The molecule has 0 saturated heterocycles. The first kappa shape index (κ1) is 13.7. The summed E-state index contributed by atoms with van der Waals surface area (Å²) in [6.07, 6.45) is 0.518. The van der Waals surface area contributed by atoms with Gasteiger partial charge in [0.2, 0.25) is 5.89 Å². The summed E-state index contributed by atoms with van der Waals surface area (Å²) in [5, 5.41) is 3.94. The van der Waals surface area contributed by atoms with Crippen LogP contribution in [0.15, 0.2) is 28.8 Å². The molecular formula is C14H18FN3O. The number of aromatic nitrogens is 2. The van der Waals surface area contributed by atoms with E-state index in [0.29, 0.717) is 18.1 Å². The molecule has 0 radical (unpaired) electrons. The van der Waals surface area contributed by atoms with Gasteiger partial charge in [0.15, 0.2) is 5.82 Å². The van der Waals surface area contributed by atoms with Crippen molar-refractivity contribution in [3.8, 4) is 0 Å². The summed E-state index contributed by atoms with van der Waals surface area (Å²) < 4.78 is 18.0. The molecule has 0 amide bonds. The van der Waals surface area contributed by atoms with Gasteiger partial charge in [-0.1, -0.05) is 31.1 Å². The van der Waals surface area contributed by atoms with E-state index in [1.54, 1.807) is 12.1 Å². The third kappa shape index (κ3) is 3.17. The average Bonchev–Trinajstić information content (AvgIpc) is 2.82. The minimum absolute atomic E-state index is 0.169. The molecule has 0 spiro atoms. The molecule has 1 heterocycles. The molecule has 1 aromatic heterocycles. The van der Waals surface area contributed by atoms with Gasteiger partial charge in [0.25, 0.3) is 0 Å². The maximum atomic E-state index is 12.9. The van der Waals surface area contributed by atoms with E-state index in [-0.39, 0.29) is 11.7 Å². The van der Waals surface area contributed by atoms with Crippen LogP contribution in [0.5, 0.6) is 0 Å². The van der Waals surface area contributed by atoms with Crippen LogP contribution in [0.2, 0.25) is 0 Å². The van der Waals surface area contributed by atoms with Gasteiger partial charge < -0.3 is 10.3 Å². The lowest BCUT2D eigenvalue weighted by Gasteiger charge is -2.20. The molecule has 1 unspecified atom stereocenters. The summed E-state index contributed by atoms with van der Waals surface area (Å²) in [6, 6.07) is 6.26. The fourth-order valence-corrected chi connectivity index (χ4v) is 1.81. The van der Waals surface area contributed by atoms with Gasteiger partial charge >= 0.3 is 0 Å². The standard InChI is InChI=1S/C14H18FN3O/c1-9(2)12-17-13(18-19-12)14(3,16)8-10-4-6-11(15)7-5-10/h4-7,9H,8,16H2,1-3H3. The normalized spacial score (nSPS) is 14.6. The highest BCUT2D eigenvalue weighted by atomic mass is 19.1. The Morgan fingerprint density at radius 1 is 1.32 bits per heavy atom. The lowest BCUT2D eigenvalue weighted by Crippen LogP contribution is -2.36. The average molecular weight is 263 g/mol. The van der Waals surface area contributed by atoms with E-state index in [9.17, 15) is 4.39 Å². The first-order valence-electron chi connectivity index (χ1n) is 6.26. The molecule has 1 atom stereocenters. The predicted molar refractivity (Wildman–Crippen MR) is 70.0 cm³/mol. The Hall–Kier alpha value is -1.75. The maximum absolute atomic E-state index is 12.9. The smallest absolute Gasteiger partial charge is 0.229 e. The third-order valence-electron chi connectivity index (χ3n) is 2.93. The van der Waals surface area contributed by atoms with Gasteiger partial charge in [-0.05, 0) is 31.0 Å². The summed E-state index contributed by atoms with van der Waals surface area (Å²) in [5.41, 5.74) is 6.43. The quantitative estimate of drug-likeness (QED) is 0.921. The minimum Gasteiger partial charge on any atom is -0.339 e. The molecule has 2 aromatic rings. The van der Waals surface area contributed by atoms with Crippen LogP contribution < -0.4 is 5.73 Å². The van der Waals surface area contributed by atoms with Crippen molar-refractivity contribution in [1.29, 1.82) is 0 Å². The van der Waals surface area contributed by atoms with E-state index in [4.69, 9.17) is 10.3 Å². The van der Waals surface area contributed by atoms with Crippen molar-refractivity contribution in [2.45, 2.75) is 38.6 Å². The van der Waals surface area contributed by atoms with Crippen molar-refractivity contribution in [2.75, 3.05) is 0 Å². The first-order valence-corrected chi connectivity index (χ1v) is 6.26. The number of rotatable bonds is 4. The highest BCUT2D eigenvalue weighted by molar-refractivity contribution is 5.20. The first-order chi connectivity index (χ1) is 8.88. The van der Waals surface area contributed by atoms with Crippen LogP contribution >= 0.6 is 0 Å². The number of hydrogen-bond donors (Lipinski definition) is 1. The van der Waals surface area contributed by atoms with Gasteiger partial charge in [0.1, 0.15) is 5.82 Å². The molecule has 102 valence electrons. The predicted octanol–water partition coefficient (Wildman–Crippen LogP) is 2.75. The van der Waals surface area contributed by atoms with Crippen LogP contribution in [0.4, 0.5) is 4.39 Å². The van der Waals surface area contributed by atoms with Crippen molar-refractivity contribution < 1.29 is 8.91 Å². The molecule has 1 aromatic carbocycles. The zero-order valence-corrected chi connectivity index (χ0v) is 11.4. The van der Waals surface area contributed by atoms with Gasteiger partial charge in [0, 0.05) is 5.92 Å². The van der Waals surface area contributed by atoms with E-state index < -0.39 is 5.54 Å². The van der Waals surface area contributed by atoms with Crippen molar-refractivity contribution in [3.05, 3.63) is 47.4 Å². The molecule has 0 aliphatic carbocycles. The Bertz CT molecular complexity index is 546. The summed E-state index contributed by atoms with van der Waals surface area (Å²) in [5.74, 6) is 0.957. The second kappa shape index (κ2) is 5.09. The van der Waals surface area contributed by atoms with E-state index in [1.807, 2.05) is 20.8 Å². The Morgan fingerprint density at radius 3 is 2.47 bits per heavy atom. The second-order valence-corrected chi connectivity index (χ2v) is 5.33. The second-order valence-electron chi connectivity index (χ2n) is 5.33. The summed E-state index contributed by atoms with van der Waals surface area (Å²) in [7, 11) is 0. The van der Waals surface area contributed by atoms with Gasteiger partial charge in [0.05, 0.1) is 5.54 Å². The third-order valence-corrected chi connectivity index (χ3v) is 2.93. The summed E-state index contributed by atoms with van der Waals surface area (Å²) in [4.78, 5) is 4.32. The molecule has 0 aliphatic rings. The molecule has 19 heavy (non-hydrogen) atoms. The van der Waals surface area contributed by atoms with Crippen LogP contribution in [0.1, 0.15) is 44.0 Å². The SMILES string of the molecule is CC(C)c1nc(C(C)(N)Cc2ccc(F)cc2)no1. The van der Waals surface area contributed by atoms with E-state index in [2.05, 4.69) is 10.1 Å². The fourth-order valence-electron chi connectivity index (χ4n) is 1.81. The molecule has 4 nitrogen and oxygen atoms in total. The van der Waals surface area contributed by atoms with Crippen LogP contribution in [-0.2, 0) is 12.0 Å². The zero-order valence-electron chi connectivity index (χ0n) is 11.4. The van der Waals surface area contributed by atoms with Crippen molar-refractivity contribution >= 4 is 0 Å². The lowest BCUT2D eigenvalue weighted by atomic mass is 9.93. The number of nitrogens with two attached hydrogens (primary N) is 1. The van der Waals surface area contributed by atoms with Crippen molar-refractivity contribution in [2.24, 2.45) is 5.73 Å². The molecule has 0 bridgehead atoms. The summed E-state index contributed by atoms with van der Waals surface area (Å²) >= 11 is 0. The molecule has 2 N–H and O–H groups in total. The van der Waals surface area contributed by atoms with Crippen LogP contribution in [0, 0.1) is 5.82 Å². The molecular weight excluding hydrogens is 245 g/mol. The molecule has 0 fully saturated rings. The monoisotopic (exact) mass is 263 g/mol. The van der Waals surface area contributed by atoms with Crippen LogP contribution in [0.25, 0.3) is 0 Å². The van der Waals surface area contributed by atoms with Gasteiger partial charge in [-0.15, -0.1) is 0 Å². The Morgan fingerprint density at radius 2 is 1.95 bits per heavy atom. The van der Waals surface area contributed by atoms with E-state index in [0.717, 1.165) is 5.56 Å². The van der Waals surface area contributed by atoms with Crippen molar-refractivity contribution in [3.63, 3.8) is 0 Å². The van der Waals surface area contributed by atoms with Crippen LogP contribution in [0.3, 0.4) is 0 Å². The highest BCUT2D eigenvalue weighted by Crippen LogP contribution is 2.22. The number of benzene rings is 1. The highest BCUT2D eigenvalue weighted by Gasteiger charge is 2.28.